The highest BCUT2D eigenvalue weighted by atomic mass is 32.1. The smallest absolute Gasteiger partial charge is 0.176 e. The summed E-state index contributed by atoms with van der Waals surface area (Å²) < 4.78 is 11.5. The van der Waals surface area contributed by atoms with Gasteiger partial charge >= 0.3 is 0 Å². The Hall–Kier alpha value is -0.635. The molecule has 1 aromatic rings. The van der Waals surface area contributed by atoms with Crippen LogP contribution in [0.1, 0.15) is 44.4 Å². The highest BCUT2D eigenvalue weighted by Gasteiger charge is 2.34. The number of thiophene rings is 1. The van der Waals surface area contributed by atoms with E-state index in [1.54, 1.807) is 11.3 Å². The van der Waals surface area contributed by atoms with Crippen LogP contribution in [0.3, 0.4) is 0 Å². The van der Waals surface area contributed by atoms with Crippen molar-refractivity contribution in [2.45, 2.75) is 45.3 Å². The number of rotatable bonds is 1. The van der Waals surface area contributed by atoms with Gasteiger partial charge in [0.15, 0.2) is 11.5 Å². The molecule has 0 fully saturated rings. The van der Waals surface area contributed by atoms with Crippen LogP contribution in [0.25, 0.3) is 0 Å². The standard InChI is InChI=1S/C13H19BO2S/c1-12(2,3)10-8-9(16-7-6-15-8)11(17-10)13(4,5)14/h6-7H2,1-5H3. The molecule has 2 nitrogen and oxygen atoms in total. The van der Waals surface area contributed by atoms with Gasteiger partial charge in [0.25, 0.3) is 0 Å². The molecule has 1 aliphatic rings. The molecule has 92 valence electrons. The molecule has 2 heterocycles. The van der Waals surface area contributed by atoms with Crippen molar-refractivity contribution in [2.24, 2.45) is 0 Å². The minimum Gasteiger partial charge on any atom is -0.485 e. The van der Waals surface area contributed by atoms with Crippen molar-refractivity contribution in [2.75, 3.05) is 13.2 Å². The van der Waals surface area contributed by atoms with E-state index in [1.165, 1.54) is 4.88 Å². The minimum absolute atomic E-state index is 0.0545. The maximum absolute atomic E-state index is 6.21. The van der Waals surface area contributed by atoms with E-state index in [-0.39, 0.29) is 10.7 Å². The molecule has 17 heavy (non-hydrogen) atoms. The van der Waals surface area contributed by atoms with Crippen molar-refractivity contribution < 1.29 is 9.47 Å². The minimum atomic E-state index is -0.390. The molecule has 2 rings (SSSR count). The Morgan fingerprint density at radius 2 is 1.41 bits per heavy atom. The molecule has 1 aliphatic heterocycles. The third-order valence-corrected chi connectivity index (χ3v) is 4.58. The van der Waals surface area contributed by atoms with Gasteiger partial charge in [-0.25, -0.2) is 0 Å². The van der Waals surface area contributed by atoms with Crippen molar-refractivity contribution >= 4 is 19.2 Å². The van der Waals surface area contributed by atoms with Gasteiger partial charge in [0.05, 0.1) is 12.7 Å². The zero-order chi connectivity index (χ0) is 12.8. The molecule has 0 unspecified atom stereocenters. The van der Waals surface area contributed by atoms with Crippen molar-refractivity contribution in [1.29, 1.82) is 0 Å². The summed E-state index contributed by atoms with van der Waals surface area (Å²) in [4.78, 5) is 2.30. The van der Waals surface area contributed by atoms with Crippen LogP contribution in [0, 0.1) is 0 Å². The molecule has 0 saturated heterocycles. The van der Waals surface area contributed by atoms with Crippen LogP contribution in [0.2, 0.25) is 0 Å². The molecule has 0 aliphatic carbocycles. The lowest BCUT2D eigenvalue weighted by molar-refractivity contribution is 0.168. The van der Waals surface area contributed by atoms with Crippen LogP contribution in [0.5, 0.6) is 11.5 Å². The lowest BCUT2D eigenvalue weighted by Crippen LogP contribution is -2.20. The predicted molar refractivity (Wildman–Crippen MR) is 72.8 cm³/mol. The second-order valence-corrected chi connectivity index (χ2v) is 7.11. The molecular formula is C13H19BO2S. The molecular weight excluding hydrogens is 231 g/mol. The Morgan fingerprint density at radius 3 is 1.82 bits per heavy atom. The van der Waals surface area contributed by atoms with E-state index < -0.39 is 0 Å². The lowest BCUT2D eigenvalue weighted by Gasteiger charge is -2.23. The van der Waals surface area contributed by atoms with Gasteiger partial charge in [-0.3, -0.25) is 0 Å². The summed E-state index contributed by atoms with van der Waals surface area (Å²) in [6.07, 6.45) is 0. The molecule has 0 amide bonds. The zero-order valence-corrected chi connectivity index (χ0v) is 12.0. The van der Waals surface area contributed by atoms with Crippen LogP contribution in [0.15, 0.2) is 0 Å². The van der Waals surface area contributed by atoms with Crippen molar-refractivity contribution in [3.8, 4) is 11.5 Å². The zero-order valence-electron chi connectivity index (χ0n) is 11.2. The highest BCUT2D eigenvalue weighted by molar-refractivity contribution is 7.13. The molecule has 0 N–H and O–H groups in total. The Balaban J connectivity index is 2.60. The van der Waals surface area contributed by atoms with Gasteiger partial charge in [-0.15, -0.1) is 11.3 Å². The summed E-state index contributed by atoms with van der Waals surface area (Å²) in [7, 11) is 6.21. The van der Waals surface area contributed by atoms with Crippen LogP contribution in [-0.4, -0.2) is 21.1 Å². The van der Waals surface area contributed by atoms with Gasteiger partial charge in [-0.1, -0.05) is 34.6 Å². The first-order chi connectivity index (χ1) is 7.71. The Morgan fingerprint density at radius 1 is 0.941 bits per heavy atom. The average molecular weight is 250 g/mol. The fourth-order valence-electron chi connectivity index (χ4n) is 1.87. The summed E-state index contributed by atoms with van der Waals surface area (Å²) in [6.45, 7) is 11.8. The number of fused-ring (bicyclic) bond motifs is 1. The molecule has 0 atom stereocenters. The van der Waals surface area contributed by atoms with Gasteiger partial charge in [0.2, 0.25) is 0 Å². The Kier molecular flexibility index (Phi) is 2.97. The second kappa shape index (κ2) is 3.94. The topological polar surface area (TPSA) is 18.5 Å². The van der Waals surface area contributed by atoms with E-state index in [0.717, 1.165) is 16.4 Å². The van der Waals surface area contributed by atoms with Gasteiger partial charge < -0.3 is 9.47 Å². The Bertz CT molecular complexity index is 385. The van der Waals surface area contributed by atoms with E-state index >= 15 is 0 Å². The average Bonchev–Trinajstić information content (AvgIpc) is 2.55. The third-order valence-electron chi connectivity index (χ3n) is 2.67. The first-order valence-electron chi connectivity index (χ1n) is 5.93. The molecule has 0 bridgehead atoms. The SMILES string of the molecule is [B]C(C)(C)c1sc(C(C)(C)C)c2c1OCCO2. The van der Waals surface area contributed by atoms with Crippen molar-refractivity contribution in [3.63, 3.8) is 0 Å². The summed E-state index contributed by atoms with van der Waals surface area (Å²) >= 11 is 1.71. The number of hydrogen-bond donors (Lipinski definition) is 0. The van der Waals surface area contributed by atoms with Gasteiger partial charge in [-0.2, -0.15) is 0 Å². The van der Waals surface area contributed by atoms with E-state index in [2.05, 4.69) is 20.8 Å². The fraction of sp³-hybridized carbons (Fsp3) is 0.692. The van der Waals surface area contributed by atoms with Gasteiger partial charge in [0.1, 0.15) is 13.2 Å². The van der Waals surface area contributed by atoms with Crippen molar-refractivity contribution in [1.82, 2.24) is 0 Å². The number of ether oxygens (including phenoxy) is 2. The van der Waals surface area contributed by atoms with Crippen LogP contribution < -0.4 is 9.47 Å². The largest absolute Gasteiger partial charge is 0.485 e. The van der Waals surface area contributed by atoms with E-state index in [0.29, 0.717) is 13.2 Å². The first kappa shape index (κ1) is 12.8. The van der Waals surface area contributed by atoms with Crippen LogP contribution >= 0.6 is 11.3 Å². The summed E-state index contributed by atoms with van der Waals surface area (Å²) in [6, 6.07) is 0. The molecule has 0 saturated carbocycles. The maximum atomic E-state index is 6.21. The van der Waals surface area contributed by atoms with E-state index in [9.17, 15) is 0 Å². The van der Waals surface area contributed by atoms with Gasteiger partial charge in [-0.05, 0) is 5.31 Å². The molecule has 0 spiro atoms. The third kappa shape index (κ3) is 2.32. The van der Waals surface area contributed by atoms with E-state index in [1.807, 2.05) is 13.8 Å². The summed E-state index contributed by atoms with van der Waals surface area (Å²) in [5.74, 6) is 1.76. The van der Waals surface area contributed by atoms with Crippen LogP contribution in [-0.2, 0) is 10.7 Å². The molecule has 4 heteroatoms. The van der Waals surface area contributed by atoms with Crippen molar-refractivity contribution in [3.05, 3.63) is 9.75 Å². The number of hydrogen-bond acceptors (Lipinski definition) is 3. The Labute approximate surface area is 109 Å². The molecule has 1 aromatic heterocycles. The summed E-state index contributed by atoms with van der Waals surface area (Å²) in [5.41, 5.74) is 0.0545. The molecule has 2 radical (unpaired) electrons. The normalized spacial score (nSPS) is 16.1. The van der Waals surface area contributed by atoms with Gasteiger partial charge in [0, 0.05) is 10.3 Å². The fourth-order valence-corrected chi connectivity index (χ4v) is 3.13. The quantitative estimate of drug-likeness (QED) is 0.712. The predicted octanol–water partition coefficient (Wildman–Crippen LogP) is 3.22. The monoisotopic (exact) mass is 250 g/mol. The highest BCUT2D eigenvalue weighted by Crippen LogP contribution is 2.51. The first-order valence-corrected chi connectivity index (χ1v) is 6.75. The molecule has 0 aromatic carbocycles. The summed E-state index contributed by atoms with van der Waals surface area (Å²) in [5, 5.41) is -0.390. The van der Waals surface area contributed by atoms with E-state index in [4.69, 9.17) is 17.3 Å². The maximum Gasteiger partial charge on any atom is 0.176 e. The van der Waals surface area contributed by atoms with Crippen LogP contribution in [0.4, 0.5) is 0 Å². The lowest BCUT2D eigenvalue weighted by atomic mass is 9.71. The second-order valence-electron chi connectivity index (χ2n) is 6.09.